The first-order valence-corrected chi connectivity index (χ1v) is 3.70. The van der Waals surface area contributed by atoms with E-state index < -0.39 is 0 Å². The van der Waals surface area contributed by atoms with E-state index in [9.17, 15) is 0 Å². The third-order valence-corrected chi connectivity index (χ3v) is 1.49. The van der Waals surface area contributed by atoms with Gasteiger partial charge in [-0.25, -0.2) is 0 Å². The van der Waals surface area contributed by atoms with Gasteiger partial charge in [-0.3, -0.25) is 0 Å². The zero-order chi connectivity index (χ0) is 8.81. The summed E-state index contributed by atoms with van der Waals surface area (Å²) in [5.74, 6) is 0.855. The summed E-state index contributed by atoms with van der Waals surface area (Å²) in [6, 6.07) is 7.77. The van der Waals surface area contributed by atoms with Crippen molar-refractivity contribution in [2.45, 2.75) is 0 Å². The normalized spacial score (nSPS) is 10.2. The van der Waals surface area contributed by atoms with Crippen molar-refractivity contribution in [3.8, 4) is 5.75 Å². The molecule has 2 heteroatoms. The summed E-state index contributed by atoms with van der Waals surface area (Å²) in [6.45, 7) is 0. The predicted octanol–water partition coefficient (Wildman–Crippen LogP) is 2.31. The van der Waals surface area contributed by atoms with Crippen LogP contribution in [0.2, 0.25) is 0 Å². The Kier molecular flexibility index (Phi) is 3.20. The van der Waals surface area contributed by atoms with Crippen LogP contribution in [0, 0.1) is 0 Å². The molecule has 0 saturated heterocycles. The molecule has 0 heterocycles. The van der Waals surface area contributed by atoms with Crippen molar-refractivity contribution >= 4 is 6.08 Å². The first-order valence-electron chi connectivity index (χ1n) is 3.70. The largest absolute Gasteiger partial charge is 0.504 e. The van der Waals surface area contributed by atoms with Gasteiger partial charge in [0.05, 0.1) is 20.5 Å². The molecule has 0 saturated carbocycles. The number of methoxy groups -OCH3 is 2. The number of hydrogen-bond donors (Lipinski definition) is 0. The van der Waals surface area contributed by atoms with Crippen LogP contribution in [0.25, 0.3) is 6.08 Å². The third kappa shape index (κ3) is 2.31. The van der Waals surface area contributed by atoms with E-state index in [0.29, 0.717) is 0 Å². The van der Waals surface area contributed by atoms with Crippen molar-refractivity contribution in [1.82, 2.24) is 0 Å². The molecular weight excluding hydrogens is 152 g/mol. The standard InChI is InChI=1S/C10H12O2/c1-11-7-6-9-4-3-5-10(8-9)12-2/h3-8H,1-2H3. The Morgan fingerprint density at radius 1 is 1.25 bits per heavy atom. The number of hydrogen-bond acceptors (Lipinski definition) is 2. The van der Waals surface area contributed by atoms with Crippen LogP contribution in [0.1, 0.15) is 5.56 Å². The van der Waals surface area contributed by atoms with E-state index >= 15 is 0 Å². The number of ether oxygens (including phenoxy) is 2. The monoisotopic (exact) mass is 164 g/mol. The zero-order valence-electron chi connectivity index (χ0n) is 7.28. The fourth-order valence-electron chi connectivity index (χ4n) is 0.892. The van der Waals surface area contributed by atoms with Gasteiger partial charge in [0.25, 0.3) is 0 Å². The minimum atomic E-state index is 0.855. The van der Waals surface area contributed by atoms with E-state index in [0.717, 1.165) is 11.3 Å². The maximum atomic E-state index is 5.06. The zero-order valence-corrected chi connectivity index (χ0v) is 7.28. The third-order valence-electron chi connectivity index (χ3n) is 1.49. The maximum absolute atomic E-state index is 5.06. The molecule has 0 atom stereocenters. The van der Waals surface area contributed by atoms with Gasteiger partial charge in [-0.1, -0.05) is 12.1 Å². The highest BCUT2D eigenvalue weighted by Gasteiger charge is 1.90. The fraction of sp³-hybridized carbons (Fsp3) is 0.200. The van der Waals surface area contributed by atoms with Crippen molar-refractivity contribution < 1.29 is 9.47 Å². The summed E-state index contributed by atoms with van der Waals surface area (Å²) in [5, 5.41) is 0. The molecular formula is C10H12O2. The highest BCUT2D eigenvalue weighted by Crippen LogP contribution is 2.13. The predicted molar refractivity (Wildman–Crippen MR) is 49.0 cm³/mol. The lowest BCUT2D eigenvalue weighted by Gasteiger charge is -1.99. The summed E-state index contributed by atoms with van der Waals surface area (Å²) in [4.78, 5) is 0. The molecule has 1 aromatic rings. The molecule has 2 nitrogen and oxygen atoms in total. The highest BCUT2D eigenvalue weighted by molar-refractivity contribution is 5.50. The van der Waals surface area contributed by atoms with Crippen LogP contribution in [0.3, 0.4) is 0 Å². The second-order valence-electron chi connectivity index (χ2n) is 2.32. The molecule has 0 bridgehead atoms. The van der Waals surface area contributed by atoms with Crippen molar-refractivity contribution in [3.05, 3.63) is 36.1 Å². The van der Waals surface area contributed by atoms with Crippen LogP contribution in [-0.4, -0.2) is 14.2 Å². The highest BCUT2D eigenvalue weighted by atomic mass is 16.5. The molecule has 1 rings (SSSR count). The summed E-state index contributed by atoms with van der Waals surface area (Å²) >= 11 is 0. The quantitative estimate of drug-likeness (QED) is 0.638. The Morgan fingerprint density at radius 2 is 2.08 bits per heavy atom. The van der Waals surface area contributed by atoms with Gasteiger partial charge in [-0.15, -0.1) is 0 Å². The second kappa shape index (κ2) is 4.44. The summed E-state index contributed by atoms with van der Waals surface area (Å²) < 4.78 is 9.86. The lowest BCUT2D eigenvalue weighted by Crippen LogP contribution is -1.82. The van der Waals surface area contributed by atoms with Crippen LogP contribution in [-0.2, 0) is 4.74 Å². The van der Waals surface area contributed by atoms with Gasteiger partial charge in [0.1, 0.15) is 5.75 Å². The molecule has 64 valence electrons. The average Bonchev–Trinajstić information content (AvgIpc) is 2.15. The molecule has 0 spiro atoms. The molecule has 0 aliphatic carbocycles. The average molecular weight is 164 g/mol. The van der Waals surface area contributed by atoms with E-state index in [1.807, 2.05) is 30.3 Å². The topological polar surface area (TPSA) is 18.5 Å². The van der Waals surface area contributed by atoms with Gasteiger partial charge in [0, 0.05) is 0 Å². The smallest absolute Gasteiger partial charge is 0.119 e. The summed E-state index contributed by atoms with van der Waals surface area (Å²) in [6.07, 6.45) is 3.51. The molecule has 1 aromatic carbocycles. The van der Waals surface area contributed by atoms with Crippen LogP contribution in [0.15, 0.2) is 30.5 Å². The van der Waals surface area contributed by atoms with Gasteiger partial charge in [0.2, 0.25) is 0 Å². The maximum Gasteiger partial charge on any atom is 0.119 e. The van der Waals surface area contributed by atoms with Gasteiger partial charge >= 0.3 is 0 Å². The Bertz CT molecular complexity index is 266. The fourth-order valence-corrected chi connectivity index (χ4v) is 0.892. The number of benzene rings is 1. The Balaban J connectivity index is 2.79. The van der Waals surface area contributed by atoms with Crippen LogP contribution in [0.5, 0.6) is 5.75 Å². The molecule has 0 aliphatic heterocycles. The molecule has 0 radical (unpaired) electrons. The van der Waals surface area contributed by atoms with Crippen molar-refractivity contribution in [2.75, 3.05) is 14.2 Å². The van der Waals surface area contributed by atoms with Crippen molar-refractivity contribution in [2.24, 2.45) is 0 Å². The van der Waals surface area contributed by atoms with Crippen LogP contribution >= 0.6 is 0 Å². The summed E-state index contributed by atoms with van der Waals surface area (Å²) in [7, 11) is 3.27. The first kappa shape index (κ1) is 8.65. The molecule has 0 amide bonds. The lowest BCUT2D eigenvalue weighted by molar-refractivity contribution is 0.341. The lowest BCUT2D eigenvalue weighted by atomic mass is 10.2. The van der Waals surface area contributed by atoms with Crippen LogP contribution in [0.4, 0.5) is 0 Å². The van der Waals surface area contributed by atoms with E-state index in [1.54, 1.807) is 20.5 Å². The van der Waals surface area contributed by atoms with Gasteiger partial charge < -0.3 is 9.47 Å². The second-order valence-corrected chi connectivity index (χ2v) is 2.32. The van der Waals surface area contributed by atoms with Crippen LogP contribution < -0.4 is 4.74 Å². The van der Waals surface area contributed by atoms with Gasteiger partial charge in [0.15, 0.2) is 0 Å². The van der Waals surface area contributed by atoms with Gasteiger partial charge in [-0.2, -0.15) is 0 Å². The first-order chi connectivity index (χ1) is 5.86. The minimum absolute atomic E-state index is 0.855. The minimum Gasteiger partial charge on any atom is -0.504 e. The SMILES string of the molecule is COC=Cc1cccc(OC)c1. The van der Waals surface area contributed by atoms with Gasteiger partial charge in [-0.05, 0) is 23.8 Å². The molecule has 0 aliphatic rings. The van der Waals surface area contributed by atoms with E-state index in [4.69, 9.17) is 9.47 Å². The van der Waals surface area contributed by atoms with E-state index in [1.165, 1.54) is 0 Å². The van der Waals surface area contributed by atoms with E-state index in [-0.39, 0.29) is 0 Å². The van der Waals surface area contributed by atoms with Crippen molar-refractivity contribution in [1.29, 1.82) is 0 Å². The molecule has 0 unspecified atom stereocenters. The molecule has 12 heavy (non-hydrogen) atoms. The Hall–Kier alpha value is -1.44. The Labute approximate surface area is 72.4 Å². The molecule has 0 fully saturated rings. The van der Waals surface area contributed by atoms with Crippen molar-refractivity contribution in [3.63, 3.8) is 0 Å². The summed E-state index contributed by atoms with van der Waals surface area (Å²) in [5.41, 5.74) is 1.07. The molecule has 0 N–H and O–H groups in total. The van der Waals surface area contributed by atoms with E-state index in [2.05, 4.69) is 0 Å². The Morgan fingerprint density at radius 3 is 2.75 bits per heavy atom. The molecule has 0 aromatic heterocycles. The number of rotatable bonds is 3.